The van der Waals surface area contributed by atoms with Gasteiger partial charge >= 0.3 is 0 Å². The van der Waals surface area contributed by atoms with E-state index in [1.807, 2.05) is 0 Å². The lowest BCUT2D eigenvalue weighted by atomic mass is 9.92. The van der Waals surface area contributed by atoms with Gasteiger partial charge in [-0.2, -0.15) is 0 Å². The monoisotopic (exact) mass is 510 g/mol. The van der Waals surface area contributed by atoms with E-state index in [9.17, 15) is 0 Å². The Morgan fingerprint density at radius 3 is 1.00 bits per heavy atom. The molecule has 198 valence electrons. The summed E-state index contributed by atoms with van der Waals surface area (Å²) < 4.78 is 0. The van der Waals surface area contributed by atoms with Crippen LogP contribution in [-0.4, -0.2) is 14.1 Å². The van der Waals surface area contributed by atoms with Crippen LogP contribution in [0.2, 0.25) is 15.8 Å². The predicted molar refractivity (Wildman–Crippen MR) is 167 cm³/mol. The third kappa shape index (κ3) is 7.85. The van der Waals surface area contributed by atoms with E-state index in [-0.39, 0.29) is 0 Å². The van der Waals surface area contributed by atoms with Gasteiger partial charge in [-0.05, 0) is 109 Å². The average molecular weight is 511 g/mol. The molecule has 3 atom stereocenters. The Hall–Kier alpha value is -1.81. The van der Waals surface area contributed by atoms with E-state index in [1.165, 1.54) is 68.5 Å². The molecule has 0 saturated heterocycles. The van der Waals surface area contributed by atoms with Crippen molar-refractivity contribution in [1.82, 2.24) is 0 Å². The summed E-state index contributed by atoms with van der Waals surface area (Å²) in [6.45, 7) is 21.1. The van der Waals surface area contributed by atoms with Gasteiger partial charge in [0.1, 0.15) is 0 Å². The lowest BCUT2D eigenvalue weighted by Gasteiger charge is -2.22. The number of rotatable bonds is 12. The Morgan fingerprint density at radius 2 is 0.730 bits per heavy atom. The standard InChI is InChI=1S/3C12H17.Al/c3*1-5-9(2)12-8-6-7-10(3)11(12)4;/h3*6-9H,1,5H2,2-4H3;. The van der Waals surface area contributed by atoms with Crippen molar-refractivity contribution in [1.29, 1.82) is 0 Å². The highest BCUT2D eigenvalue weighted by molar-refractivity contribution is 6.58. The average Bonchev–Trinajstić information content (AvgIpc) is 2.87. The molecule has 0 N–H and O–H groups in total. The van der Waals surface area contributed by atoms with E-state index in [1.54, 1.807) is 16.7 Å². The summed E-state index contributed by atoms with van der Waals surface area (Å²) >= 11 is -0.857. The highest BCUT2D eigenvalue weighted by Crippen LogP contribution is 2.33. The number of benzene rings is 3. The van der Waals surface area contributed by atoms with Gasteiger partial charge < -0.3 is 0 Å². The Labute approximate surface area is 233 Å². The summed E-state index contributed by atoms with van der Waals surface area (Å²) in [7, 11) is 0. The third-order valence-corrected chi connectivity index (χ3v) is 13.0. The lowest BCUT2D eigenvalue weighted by Crippen LogP contribution is -2.16. The maximum Gasteiger partial charge on any atom is 0.261 e. The molecule has 3 rings (SSSR count). The van der Waals surface area contributed by atoms with Crippen molar-refractivity contribution in [2.24, 2.45) is 0 Å². The third-order valence-electron chi connectivity index (χ3n) is 9.56. The highest BCUT2D eigenvalue weighted by atomic mass is 27.2. The fraction of sp³-hybridized carbons (Fsp3) is 0.500. The minimum Gasteiger partial charge on any atom is -0.0933 e. The van der Waals surface area contributed by atoms with E-state index in [4.69, 9.17) is 0 Å². The van der Waals surface area contributed by atoms with Crippen LogP contribution in [0.5, 0.6) is 0 Å². The van der Waals surface area contributed by atoms with Crippen LogP contribution in [-0.2, 0) is 0 Å². The van der Waals surface area contributed by atoms with E-state index in [2.05, 4.69) is 117 Å². The molecule has 0 aliphatic rings. The second-order valence-corrected chi connectivity index (χ2v) is 15.6. The zero-order valence-corrected chi connectivity index (χ0v) is 26.4. The molecule has 3 aromatic rings. The van der Waals surface area contributed by atoms with Gasteiger partial charge in [-0.1, -0.05) is 110 Å². The number of hydrogen-bond acceptors (Lipinski definition) is 0. The molecule has 0 fully saturated rings. The quantitative estimate of drug-likeness (QED) is 0.213. The van der Waals surface area contributed by atoms with Gasteiger partial charge in [0.15, 0.2) is 0 Å². The van der Waals surface area contributed by atoms with E-state index in [0.29, 0.717) is 17.8 Å². The second-order valence-electron chi connectivity index (χ2n) is 12.2. The Kier molecular flexibility index (Phi) is 11.1. The number of hydrogen-bond donors (Lipinski definition) is 0. The van der Waals surface area contributed by atoms with Gasteiger partial charge in [0, 0.05) is 0 Å². The summed E-state index contributed by atoms with van der Waals surface area (Å²) in [6, 6.07) is 20.6. The molecule has 0 radical (unpaired) electrons. The summed E-state index contributed by atoms with van der Waals surface area (Å²) in [5, 5.41) is 4.40. The molecule has 0 aliphatic carbocycles. The molecule has 3 unspecified atom stereocenters. The molecular formula is C36H51Al. The van der Waals surface area contributed by atoms with Crippen molar-refractivity contribution >= 4 is 14.1 Å². The van der Waals surface area contributed by atoms with Gasteiger partial charge in [-0.3, -0.25) is 0 Å². The first-order valence-corrected chi connectivity index (χ1v) is 17.2. The fourth-order valence-corrected chi connectivity index (χ4v) is 10.1. The second kappa shape index (κ2) is 13.8. The SMILES string of the molecule is Cc1cccc(C(C)C[CH2][Al]([CH2]CC(C)c2cccc(C)c2C)[CH2]CC(C)c2cccc(C)c2C)c1C. The van der Waals surface area contributed by atoms with Gasteiger partial charge in [0.2, 0.25) is 0 Å². The van der Waals surface area contributed by atoms with Crippen LogP contribution in [0.25, 0.3) is 0 Å². The Bertz CT molecular complexity index is 1010. The summed E-state index contributed by atoms with van der Waals surface area (Å²) in [6.07, 6.45) is 4.03. The van der Waals surface area contributed by atoms with Crippen LogP contribution in [0.1, 0.15) is 108 Å². The maximum atomic E-state index is 2.46. The largest absolute Gasteiger partial charge is 0.261 e. The molecule has 0 saturated carbocycles. The molecular weight excluding hydrogens is 459 g/mol. The molecule has 0 amide bonds. The summed E-state index contributed by atoms with van der Waals surface area (Å²) in [5.41, 5.74) is 13.5. The molecule has 1 heteroatoms. The molecule has 0 aromatic heterocycles. The van der Waals surface area contributed by atoms with Gasteiger partial charge in [0.05, 0.1) is 0 Å². The first kappa shape index (κ1) is 29.7. The lowest BCUT2D eigenvalue weighted by molar-refractivity contribution is 0.683. The molecule has 0 nitrogen and oxygen atoms in total. The fourth-order valence-electron chi connectivity index (χ4n) is 6.28. The van der Waals surface area contributed by atoms with Crippen LogP contribution in [0.15, 0.2) is 54.6 Å². The molecule has 0 spiro atoms. The van der Waals surface area contributed by atoms with E-state index >= 15 is 0 Å². The van der Waals surface area contributed by atoms with Crippen molar-refractivity contribution < 1.29 is 0 Å². The molecule has 0 aliphatic heterocycles. The van der Waals surface area contributed by atoms with Crippen LogP contribution >= 0.6 is 0 Å². The normalized spacial score (nSPS) is 13.9. The van der Waals surface area contributed by atoms with Gasteiger partial charge in [0.25, 0.3) is 14.1 Å². The van der Waals surface area contributed by atoms with Gasteiger partial charge in [-0.25, -0.2) is 0 Å². The highest BCUT2D eigenvalue weighted by Gasteiger charge is 2.23. The van der Waals surface area contributed by atoms with Crippen LogP contribution < -0.4 is 0 Å². The molecule has 0 bridgehead atoms. The summed E-state index contributed by atoms with van der Waals surface area (Å²) in [4.78, 5) is 0. The van der Waals surface area contributed by atoms with Crippen LogP contribution in [0.3, 0.4) is 0 Å². The topological polar surface area (TPSA) is 0 Å². The van der Waals surface area contributed by atoms with Crippen molar-refractivity contribution in [3.63, 3.8) is 0 Å². The van der Waals surface area contributed by atoms with E-state index in [0.717, 1.165) is 0 Å². The van der Waals surface area contributed by atoms with Crippen molar-refractivity contribution in [3.05, 3.63) is 105 Å². The molecule has 3 aromatic carbocycles. The van der Waals surface area contributed by atoms with Gasteiger partial charge in [-0.15, -0.1) is 0 Å². The van der Waals surface area contributed by atoms with Crippen molar-refractivity contribution in [2.45, 2.75) is 115 Å². The van der Waals surface area contributed by atoms with Crippen molar-refractivity contribution in [3.8, 4) is 0 Å². The summed E-state index contributed by atoms with van der Waals surface area (Å²) in [5.74, 6) is 1.97. The van der Waals surface area contributed by atoms with Crippen LogP contribution in [0, 0.1) is 41.5 Å². The first-order valence-electron chi connectivity index (χ1n) is 14.8. The molecule has 37 heavy (non-hydrogen) atoms. The predicted octanol–water partition coefficient (Wildman–Crippen LogP) is 10.9. The van der Waals surface area contributed by atoms with Crippen molar-refractivity contribution in [2.75, 3.05) is 0 Å². The number of aryl methyl sites for hydroxylation is 3. The smallest absolute Gasteiger partial charge is 0.0933 e. The van der Waals surface area contributed by atoms with Crippen LogP contribution in [0.4, 0.5) is 0 Å². The Balaban J connectivity index is 1.69. The van der Waals surface area contributed by atoms with E-state index < -0.39 is 14.1 Å². The minimum atomic E-state index is -0.857. The first-order chi connectivity index (χ1) is 17.6. The maximum absolute atomic E-state index is 2.46. The molecule has 0 heterocycles. The zero-order chi connectivity index (χ0) is 27.1. The minimum absolute atomic E-state index is 0.655. The Morgan fingerprint density at radius 1 is 0.459 bits per heavy atom. The zero-order valence-electron chi connectivity index (χ0n) is 25.2.